The molecule has 86 valence electrons. The van der Waals surface area contributed by atoms with Crippen LogP contribution in [0.5, 0.6) is 5.75 Å². The molecule has 2 aromatic rings. The molecule has 2 heterocycles. The smallest absolute Gasteiger partial charge is 0.161 e. The highest BCUT2D eigenvalue weighted by atomic mass is 79.9. The molecule has 2 rings (SSSR count). The van der Waals surface area contributed by atoms with Gasteiger partial charge in [-0.1, -0.05) is 0 Å². The fourth-order valence-electron chi connectivity index (χ4n) is 1.56. The molecule has 0 aromatic carbocycles. The van der Waals surface area contributed by atoms with Crippen molar-refractivity contribution in [3.8, 4) is 5.75 Å². The highest BCUT2D eigenvalue weighted by Gasteiger charge is 2.19. The Bertz CT molecular complexity index is 494. The number of nitrogens with zero attached hydrogens (tertiary/aromatic N) is 2. The number of aromatic nitrogens is 2. The van der Waals surface area contributed by atoms with E-state index in [-0.39, 0.29) is 6.04 Å². The monoisotopic (exact) mass is 301 g/mol. The molecule has 1 atom stereocenters. The first-order chi connectivity index (χ1) is 7.63. The van der Waals surface area contributed by atoms with Crippen LogP contribution in [0.15, 0.2) is 22.1 Å². The summed E-state index contributed by atoms with van der Waals surface area (Å²) in [6.45, 7) is 0. The summed E-state index contributed by atoms with van der Waals surface area (Å²) in [5, 5.41) is 6.16. The molecule has 0 spiro atoms. The van der Waals surface area contributed by atoms with Crippen LogP contribution < -0.4 is 10.5 Å². The lowest BCUT2D eigenvalue weighted by Gasteiger charge is -2.11. The Balaban J connectivity index is 2.40. The maximum Gasteiger partial charge on any atom is 0.161 e. The molecule has 0 aliphatic heterocycles. The van der Waals surface area contributed by atoms with Crippen molar-refractivity contribution < 1.29 is 4.74 Å². The first-order valence-electron chi connectivity index (χ1n) is 4.69. The first-order valence-corrected chi connectivity index (χ1v) is 6.36. The third-order valence-electron chi connectivity index (χ3n) is 2.36. The SMILES string of the molecule is COc1cnn(C)c1C(N)c1cc(Br)cs1. The molecule has 0 bridgehead atoms. The summed E-state index contributed by atoms with van der Waals surface area (Å²) in [5.41, 5.74) is 7.09. The van der Waals surface area contributed by atoms with Gasteiger partial charge in [-0.3, -0.25) is 4.68 Å². The molecule has 4 nitrogen and oxygen atoms in total. The van der Waals surface area contributed by atoms with Crippen LogP contribution in [-0.2, 0) is 7.05 Å². The molecule has 6 heteroatoms. The highest BCUT2D eigenvalue weighted by Crippen LogP contribution is 2.32. The molecule has 0 aliphatic rings. The van der Waals surface area contributed by atoms with E-state index in [9.17, 15) is 0 Å². The number of thiophene rings is 1. The topological polar surface area (TPSA) is 53.1 Å². The van der Waals surface area contributed by atoms with E-state index < -0.39 is 0 Å². The number of rotatable bonds is 3. The minimum Gasteiger partial charge on any atom is -0.493 e. The highest BCUT2D eigenvalue weighted by molar-refractivity contribution is 9.10. The van der Waals surface area contributed by atoms with E-state index in [1.807, 2.05) is 18.5 Å². The van der Waals surface area contributed by atoms with Crippen molar-refractivity contribution in [2.75, 3.05) is 7.11 Å². The largest absolute Gasteiger partial charge is 0.493 e. The van der Waals surface area contributed by atoms with E-state index in [0.717, 1.165) is 20.8 Å². The molecule has 0 radical (unpaired) electrons. The zero-order valence-corrected chi connectivity index (χ0v) is 11.4. The van der Waals surface area contributed by atoms with Crippen molar-refractivity contribution in [1.82, 2.24) is 9.78 Å². The Kier molecular flexibility index (Phi) is 3.32. The van der Waals surface area contributed by atoms with Crippen LogP contribution in [-0.4, -0.2) is 16.9 Å². The van der Waals surface area contributed by atoms with Crippen molar-refractivity contribution in [1.29, 1.82) is 0 Å². The van der Waals surface area contributed by atoms with Crippen LogP contribution in [0.3, 0.4) is 0 Å². The van der Waals surface area contributed by atoms with Gasteiger partial charge in [0, 0.05) is 21.8 Å². The normalized spacial score (nSPS) is 12.8. The van der Waals surface area contributed by atoms with Gasteiger partial charge < -0.3 is 10.5 Å². The lowest BCUT2D eigenvalue weighted by atomic mass is 10.2. The summed E-state index contributed by atoms with van der Waals surface area (Å²) >= 11 is 5.03. The molecule has 1 unspecified atom stereocenters. The van der Waals surface area contributed by atoms with E-state index in [4.69, 9.17) is 10.5 Å². The number of hydrogen-bond donors (Lipinski definition) is 1. The third-order valence-corrected chi connectivity index (χ3v) is 4.13. The van der Waals surface area contributed by atoms with Gasteiger partial charge in [0.1, 0.15) is 5.69 Å². The van der Waals surface area contributed by atoms with Gasteiger partial charge in [0.2, 0.25) is 0 Å². The van der Waals surface area contributed by atoms with Crippen LogP contribution in [0.25, 0.3) is 0 Å². The summed E-state index contributed by atoms with van der Waals surface area (Å²) in [7, 11) is 3.48. The standard InChI is InChI=1S/C10H12BrN3OS/c1-14-10(7(15-2)4-13-14)9(12)8-3-6(11)5-16-8/h3-5,9H,12H2,1-2H3. The summed E-state index contributed by atoms with van der Waals surface area (Å²) in [6.07, 6.45) is 1.68. The molecule has 16 heavy (non-hydrogen) atoms. The average molecular weight is 302 g/mol. The zero-order valence-electron chi connectivity index (χ0n) is 8.98. The molecule has 0 saturated carbocycles. The van der Waals surface area contributed by atoms with Crippen molar-refractivity contribution >= 4 is 27.3 Å². The third kappa shape index (κ3) is 2.00. The number of hydrogen-bond acceptors (Lipinski definition) is 4. The lowest BCUT2D eigenvalue weighted by Crippen LogP contribution is -2.15. The van der Waals surface area contributed by atoms with Crippen molar-refractivity contribution in [2.45, 2.75) is 6.04 Å². The second-order valence-electron chi connectivity index (χ2n) is 3.37. The summed E-state index contributed by atoms with van der Waals surface area (Å²) in [6, 6.07) is 1.81. The minimum absolute atomic E-state index is 0.209. The summed E-state index contributed by atoms with van der Waals surface area (Å²) in [4.78, 5) is 1.08. The van der Waals surface area contributed by atoms with Crippen molar-refractivity contribution in [3.05, 3.63) is 32.7 Å². The predicted molar refractivity (Wildman–Crippen MR) is 67.8 cm³/mol. The number of aryl methyl sites for hydroxylation is 1. The van der Waals surface area contributed by atoms with Gasteiger partial charge in [0.25, 0.3) is 0 Å². The fourth-order valence-corrected chi connectivity index (χ4v) is 3.01. The molecule has 0 fully saturated rings. The number of ether oxygens (including phenoxy) is 1. The molecule has 0 aliphatic carbocycles. The number of nitrogens with two attached hydrogens (primary N) is 1. The second kappa shape index (κ2) is 4.57. The Hall–Kier alpha value is -0.850. The summed E-state index contributed by atoms with van der Waals surface area (Å²) in [5.74, 6) is 0.722. The molecule has 2 aromatic heterocycles. The van der Waals surface area contributed by atoms with Crippen LogP contribution in [0, 0.1) is 0 Å². The lowest BCUT2D eigenvalue weighted by molar-refractivity contribution is 0.406. The number of methoxy groups -OCH3 is 1. The van der Waals surface area contributed by atoms with Crippen molar-refractivity contribution in [2.24, 2.45) is 12.8 Å². The molecule has 0 amide bonds. The maximum atomic E-state index is 6.20. The Morgan fingerprint density at radius 1 is 1.62 bits per heavy atom. The van der Waals surface area contributed by atoms with Crippen LogP contribution in [0.2, 0.25) is 0 Å². The fraction of sp³-hybridized carbons (Fsp3) is 0.300. The first kappa shape index (κ1) is 11.6. The van der Waals surface area contributed by atoms with E-state index in [1.165, 1.54) is 0 Å². The zero-order chi connectivity index (χ0) is 11.7. The van der Waals surface area contributed by atoms with Crippen molar-refractivity contribution in [3.63, 3.8) is 0 Å². The molecule has 0 saturated heterocycles. The van der Waals surface area contributed by atoms with Gasteiger partial charge in [-0.05, 0) is 22.0 Å². The van der Waals surface area contributed by atoms with Gasteiger partial charge >= 0.3 is 0 Å². The van der Waals surface area contributed by atoms with Crippen LogP contribution in [0.4, 0.5) is 0 Å². The average Bonchev–Trinajstić information content (AvgIpc) is 2.83. The van der Waals surface area contributed by atoms with Gasteiger partial charge in [-0.15, -0.1) is 11.3 Å². The van der Waals surface area contributed by atoms with Crippen LogP contribution >= 0.6 is 27.3 Å². The molecular weight excluding hydrogens is 290 g/mol. The van der Waals surface area contributed by atoms with Gasteiger partial charge in [0.05, 0.1) is 19.3 Å². The van der Waals surface area contributed by atoms with Crippen LogP contribution in [0.1, 0.15) is 16.6 Å². The number of halogens is 1. The summed E-state index contributed by atoms with van der Waals surface area (Å²) < 4.78 is 8.04. The minimum atomic E-state index is -0.209. The van der Waals surface area contributed by atoms with Gasteiger partial charge in [-0.25, -0.2) is 0 Å². The van der Waals surface area contributed by atoms with E-state index >= 15 is 0 Å². The second-order valence-corrected chi connectivity index (χ2v) is 5.23. The Labute approximate surface area is 106 Å². The predicted octanol–water partition coefficient (Wildman–Crippen LogP) is 2.30. The van der Waals surface area contributed by atoms with E-state index in [0.29, 0.717) is 0 Å². The molecule has 2 N–H and O–H groups in total. The Morgan fingerprint density at radius 2 is 2.38 bits per heavy atom. The van der Waals surface area contributed by atoms with E-state index in [1.54, 1.807) is 29.3 Å². The van der Waals surface area contributed by atoms with Gasteiger partial charge in [-0.2, -0.15) is 5.10 Å². The van der Waals surface area contributed by atoms with Gasteiger partial charge in [0.15, 0.2) is 5.75 Å². The molecular formula is C10H12BrN3OS. The van der Waals surface area contributed by atoms with E-state index in [2.05, 4.69) is 21.0 Å². The Morgan fingerprint density at radius 3 is 2.94 bits per heavy atom. The quantitative estimate of drug-likeness (QED) is 0.946. The maximum absolute atomic E-state index is 6.20.